The van der Waals surface area contributed by atoms with Crippen LogP contribution in [-0.2, 0) is 20.1 Å². The average Bonchev–Trinajstić information content (AvgIpc) is 2.94. The van der Waals surface area contributed by atoms with Crippen LogP contribution in [0.2, 0.25) is 0 Å². The van der Waals surface area contributed by atoms with Crippen LogP contribution in [-0.4, -0.2) is 40.0 Å². The van der Waals surface area contributed by atoms with Gasteiger partial charge in [-0.05, 0) is 18.2 Å². The Morgan fingerprint density at radius 2 is 2.14 bits per heavy atom. The number of hydrogen-bond donors (Lipinski definition) is 3. The van der Waals surface area contributed by atoms with Gasteiger partial charge in [-0.2, -0.15) is 5.10 Å². The number of nitrogens with zero attached hydrogens (tertiary/aromatic N) is 4. The van der Waals surface area contributed by atoms with Crippen LogP contribution in [0.4, 0.5) is 0 Å². The van der Waals surface area contributed by atoms with Gasteiger partial charge in [0.05, 0.1) is 13.7 Å². The van der Waals surface area contributed by atoms with Crippen LogP contribution in [0.1, 0.15) is 11.4 Å². The topological polar surface area (TPSA) is 96.6 Å². The molecule has 8 nitrogen and oxygen atoms in total. The summed E-state index contributed by atoms with van der Waals surface area (Å²) >= 11 is 0. The Morgan fingerprint density at radius 3 is 2.77 bits per heavy atom. The molecule has 1 aromatic carbocycles. The number of benzene rings is 1. The second kappa shape index (κ2) is 7.30. The number of nitrogens with one attached hydrogen (secondary N) is 2. The van der Waals surface area contributed by atoms with E-state index in [1.807, 2.05) is 7.05 Å². The van der Waals surface area contributed by atoms with E-state index in [2.05, 4.69) is 25.7 Å². The van der Waals surface area contributed by atoms with Crippen LogP contribution in [0.3, 0.4) is 0 Å². The number of aliphatic imine (C=N–C) groups is 1. The highest BCUT2D eigenvalue weighted by molar-refractivity contribution is 5.79. The second-order valence-electron chi connectivity index (χ2n) is 4.57. The molecule has 0 saturated heterocycles. The molecule has 0 aliphatic carbocycles. The van der Waals surface area contributed by atoms with Crippen molar-refractivity contribution in [2.75, 3.05) is 14.2 Å². The van der Waals surface area contributed by atoms with Gasteiger partial charge in [0.15, 0.2) is 5.96 Å². The van der Waals surface area contributed by atoms with Crippen LogP contribution < -0.4 is 15.4 Å². The molecule has 0 aliphatic heterocycles. The molecule has 0 atom stereocenters. The molecule has 2 aromatic rings. The maximum absolute atomic E-state index is 9.86. The number of guanidine groups is 1. The fourth-order valence-corrected chi connectivity index (χ4v) is 1.87. The Morgan fingerprint density at radius 1 is 1.36 bits per heavy atom. The third-order valence-electron chi connectivity index (χ3n) is 3.18. The van der Waals surface area contributed by atoms with E-state index in [0.717, 1.165) is 11.4 Å². The van der Waals surface area contributed by atoms with Crippen LogP contribution in [0, 0.1) is 0 Å². The first kappa shape index (κ1) is 15.6. The largest absolute Gasteiger partial charge is 0.508 e. The Kier molecular flexibility index (Phi) is 5.18. The van der Waals surface area contributed by atoms with Crippen molar-refractivity contribution >= 4 is 5.96 Å². The predicted molar refractivity (Wildman–Crippen MR) is 82.7 cm³/mol. The molecule has 1 heterocycles. The fourth-order valence-electron chi connectivity index (χ4n) is 1.87. The van der Waals surface area contributed by atoms with Crippen molar-refractivity contribution in [3.8, 4) is 11.5 Å². The number of rotatable bonds is 5. The summed E-state index contributed by atoms with van der Waals surface area (Å²) in [5.41, 5.74) is 0.723. The Labute approximate surface area is 128 Å². The van der Waals surface area contributed by atoms with Gasteiger partial charge < -0.3 is 20.5 Å². The minimum absolute atomic E-state index is 0.206. The molecule has 22 heavy (non-hydrogen) atoms. The zero-order valence-corrected chi connectivity index (χ0v) is 12.9. The van der Waals surface area contributed by atoms with E-state index >= 15 is 0 Å². The zero-order chi connectivity index (χ0) is 15.9. The number of phenolic OH excluding ortho intramolecular Hbond substituents is 1. The van der Waals surface area contributed by atoms with Crippen LogP contribution >= 0.6 is 0 Å². The molecule has 8 heteroatoms. The van der Waals surface area contributed by atoms with E-state index in [9.17, 15) is 5.11 Å². The van der Waals surface area contributed by atoms with Gasteiger partial charge in [-0.3, -0.25) is 9.67 Å². The first-order valence-corrected chi connectivity index (χ1v) is 6.77. The molecule has 0 aliphatic rings. The molecule has 3 N–H and O–H groups in total. The van der Waals surface area contributed by atoms with Crippen molar-refractivity contribution in [2.45, 2.75) is 13.1 Å². The van der Waals surface area contributed by atoms with Gasteiger partial charge in [0, 0.05) is 26.2 Å². The first-order chi connectivity index (χ1) is 10.6. The molecule has 0 saturated carbocycles. The van der Waals surface area contributed by atoms with E-state index in [1.54, 1.807) is 37.0 Å². The lowest BCUT2D eigenvalue weighted by atomic mass is 10.2. The van der Waals surface area contributed by atoms with E-state index in [0.29, 0.717) is 24.8 Å². The molecular formula is C14H20N6O2. The molecule has 0 spiro atoms. The summed E-state index contributed by atoms with van der Waals surface area (Å²) in [7, 11) is 5.09. The maximum Gasteiger partial charge on any atom is 0.191 e. The molecule has 0 amide bonds. The fraction of sp³-hybridized carbons (Fsp3) is 0.357. The van der Waals surface area contributed by atoms with Crippen LogP contribution in [0.5, 0.6) is 11.5 Å². The van der Waals surface area contributed by atoms with E-state index in [1.165, 1.54) is 6.33 Å². The van der Waals surface area contributed by atoms with Gasteiger partial charge in [0.1, 0.15) is 23.7 Å². The van der Waals surface area contributed by atoms with E-state index in [4.69, 9.17) is 4.74 Å². The molecule has 118 valence electrons. The Balaban J connectivity index is 1.93. The standard InChI is InChI=1S/C14H20N6O2/c1-15-14(17-8-13-18-9-19-20(13)2)16-7-10-6-11(22-3)4-5-12(10)21/h4-6,9,21H,7-8H2,1-3H3,(H2,15,16,17). The third-order valence-corrected chi connectivity index (χ3v) is 3.18. The molecule has 0 radical (unpaired) electrons. The van der Waals surface area contributed by atoms with Crippen molar-refractivity contribution in [3.05, 3.63) is 35.9 Å². The average molecular weight is 304 g/mol. The van der Waals surface area contributed by atoms with Gasteiger partial charge in [-0.1, -0.05) is 0 Å². The Hall–Kier alpha value is -2.77. The number of aryl methyl sites for hydroxylation is 1. The molecular weight excluding hydrogens is 284 g/mol. The minimum atomic E-state index is 0.206. The maximum atomic E-state index is 9.86. The lowest BCUT2D eigenvalue weighted by Gasteiger charge is -2.13. The summed E-state index contributed by atoms with van der Waals surface area (Å²) in [6.07, 6.45) is 1.50. The number of hydrogen-bond acceptors (Lipinski definition) is 5. The quantitative estimate of drug-likeness (QED) is 0.546. The highest BCUT2D eigenvalue weighted by Gasteiger charge is 2.06. The van der Waals surface area contributed by atoms with Gasteiger partial charge >= 0.3 is 0 Å². The SMILES string of the molecule is CN=C(NCc1cc(OC)ccc1O)NCc1ncnn1C. The summed E-state index contributed by atoms with van der Waals surface area (Å²) in [4.78, 5) is 8.26. The first-order valence-electron chi connectivity index (χ1n) is 6.77. The summed E-state index contributed by atoms with van der Waals surface area (Å²) in [5.74, 6) is 2.30. The highest BCUT2D eigenvalue weighted by atomic mass is 16.5. The van der Waals surface area contributed by atoms with Crippen molar-refractivity contribution in [2.24, 2.45) is 12.0 Å². The van der Waals surface area contributed by atoms with Gasteiger partial charge in [-0.15, -0.1) is 0 Å². The molecule has 0 bridgehead atoms. The number of aromatic hydroxyl groups is 1. The van der Waals surface area contributed by atoms with Gasteiger partial charge in [-0.25, -0.2) is 4.98 Å². The summed E-state index contributed by atoms with van der Waals surface area (Å²) in [6, 6.07) is 5.09. The van der Waals surface area contributed by atoms with Crippen molar-refractivity contribution in [1.29, 1.82) is 0 Å². The lowest BCUT2D eigenvalue weighted by Crippen LogP contribution is -2.36. The zero-order valence-electron chi connectivity index (χ0n) is 12.9. The molecule has 2 rings (SSSR count). The molecule has 0 fully saturated rings. The second-order valence-corrected chi connectivity index (χ2v) is 4.57. The van der Waals surface area contributed by atoms with Crippen molar-refractivity contribution in [1.82, 2.24) is 25.4 Å². The molecule has 1 aromatic heterocycles. The third kappa shape index (κ3) is 3.87. The Bertz CT molecular complexity index is 653. The van der Waals surface area contributed by atoms with Gasteiger partial charge in [0.2, 0.25) is 0 Å². The van der Waals surface area contributed by atoms with Crippen LogP contribution in [0.25, 0.3) is 0 Å². The van der Waals surface area contributed by atoms with E-state index < -0.39 is 0 Å². The molecule has 0 unspecified atom stereocenters. The van der Waals surface area contributed by atoms with E-state index in [-0.39, 0.29) is 5.75 Å². The number of methoxy groups -OCH3 is 1. The number of ether oxygens (including phenoxy) is 1. The smallest absolute Gasteiger partial charge is 0.191 e. The lowest BCUT2D eigenvalue weighted by molar-refractivity contribution is 0.410. The summed E-state index contributed by atoms with van der Waals surface area (Å²) in [5, 5.41) is 20.1. The number of phenols is 1. The monoisotopic (exact) mass is 304 g/mol. The minimum Gasteiger partial charge on any atom is -0.508 e. The normalized spacial score (nSPS) is 11.3. The summed E-state index contributed by atoms with van der Waals surface area (Å²) in [6.45, 7) is 0.918. The van der Waals surface area contributed by atoms with Gasteiger partial charge in [0.25, 0.3) is 0 Å². The highest BCUT2D eigenvalue weighted by Crippen LogP contribution is 2.22. The summed E-state index contributed by atoms with van der Waals surface area (Å²) < 4.78 is 6.84. The predicted octanol–water partition coefficient (Wildman–Crippen LogP) is 0.394. The van der Waals surface area contributed by atoms with Crippen molar-refractivity contribution < 1.29 is 9.84 Å². The van der Waals surface area contributed by atoms with Crippen molar-refractivity contribution in [3.63, 3.8) is 0 Å². The van der Waals surface area contributed by atoms with Crippen LogP contribution in [0.15, 0.2) is 29.5 Å². The number of aromatic nitrogens is 3.